The predicted octanol–water partition coefficient (Wildman–Crippen LogP) is 2.95. The lowest BCUT2D eigenvalue weighted by Gasteiger charge is -2.28. The van der Waals surface area contributed by atoms with E-state index in [9.17, 15) is 5.11 Å². The van der Waals surface area contributed by atoms with Crippen LogP contribution in [-0.4, -0.2) is 34.4 Å². The topological polar surface area (TPSA) is 49.5 Å². The van der Waals surface area contributed by atoms with Crippen LogP contribution in [0.15, 0.2) is 34.9 Å². The van der Waals surface area contributed by atoms with E-state index in [0.29, 0.717) is 5.02 Å². The van der Waals surface area contributed by atoms with E-state index in [1.165, 1.54) is 0 Å². The average Bonchev–Trinajstić information content (AvgIpc) is 2.91. The Morgan fingerprint density at radius 1 is 1.25 bits per heavy atom. The molecule has 106 valence electrons. The molecule has 4 nitrogen and oxygen atoms in total. The molecule has 1 saturated heterocycles. The summed E-state index contributed by atoms with van der Waals surface area (Å²) in [4.78, 5) is 2.28. The molecular weight excluding hydrogens is 276 g/mol. The molecule has 1 aromatic heterocycles. The maximum absolute atomic E-state index is 9.49. The summed E-state index contributed by atoms with van der Waals surface area (Å²) in [5, 5.41) is 14.3. The number of halogens is 1. The van der Waals surface area contributed by atoms with Gasteiger partial charge in [0.15, 0.2) is 5.76 Å². The van der Waals surface area contributed by atoms with Crippen LogP contribution in [0.4, 0.5) is 0 Å². The van der Waals surface area contributed by atoms with Crippen LogP contribution in [-0.2, 0) is 6.54 Å². The second-order valence-electron chi connectivity index (χ2n) is 5.19. The fraction of sp³-hybridized carbons (Fsp3) is 0.400. The van der Waals surface area contributed by atoms with E-state index in [1.807, 2.05) is 30.3 Å². The van der Waals surface area contributed by atoms with Gasteiger partial charge in [0.2, 0.25) is 0 Å². The average molecular weight is 293 g/mol. The summed E-state index contributed by atoms with van der Waals surface area (Å²) in [7, 11) is 0. The Bertz CT molecular complexity index is 560. The van der Waals surface area contributed by atoms with Crippen LogP contribution in [0.1, 0.15) is 18.6 Å². The Morgan fingerprint density at radius 2 is 1.95 bits per heavy atom. The van der Waals surface area contributed by atoms with Gasteiger partial charge in [-0.15, -0.1) is 0 Å². The number of hydrogen-bond acceptors (Lipinski definition) is 4. The first-order valence-corrected chi connectivity index (χ1v) is 7.20. The van der Waals surface area contributed by atoms with Gasteiger partial charge in [-0.3, -0.25) is 4.90 Å². The monoisotopic (exact) mass is 292 g/mol. The first-order valence-electron chi connectivity index (χ1n) is 6.82. The maximum atomic E-state index is 9.49. The summed E-state index contributed by atoms with van der Waals surface area (Å²) in [6.45, 7) is 2.55. The van der Waals surface area contributed by atoms with E-state index >= 15 is 0 Å². The van der Waals surface area contributed by atoms with Gasteiger partial charge in [0.1, 0.15) is 5.69 Å². The largest absolute Gasteiger partial charge is 0.393 e. The van der Waals surface area contributed by atoms with Crippen LogP contribution >= 0.6 is 11.6 Å². The lowest BCUT2D eigenvalue weighted by molar-refractivity contribution is 0.0749. The molecule has 1 fully saturated rings. The first-order chi connectivity index (χ1) is 9.70. The van der Waals surface area contributed by atoms with Crippen molar-refractivity contribution in [3.63, 3.8) is 0 Å². The molecule has 20 heavy (non-hydrogen) atoms. The van der Waals surface area contributed by atoms with Gasteiger partial charge < -0.3 is 9.63 Å². The van der Waals surface area contributed by atoms with Gasteiger partial charge in [-0.25, -0.2) is 0 Å². The number of rotatable bonds is 3. The summed E-state index contributed by atoms with van der Waals surface area (Å²) < 4.78 is 5.39. The van der Waals surface area contributed by atoms with Crippen LogP contribution in [0.25, 0.3) is 11.3 Å². The fourth-order valence-electron chi connectivity index (χ4n) is 2.44. The summed E-state index contributed by atoms with van der Waals surface area (Å²) in [5.41, 5.74) is 1.83. The number of nitrogens with zero attached hydrogens (tertiary/aromatic N) is 2. The highest BCUT2D eigenvalue weighted by Gasteiger charge is 2.18. The lowest BCUT2D eigenvalue weighted by atomic mass is 10.1. The zero-order valence-electron chi connectivity index (χ0n) is 11.1. The van der Waals surface area contributed by atoms with E-state index in [1.54, 1.807) is 0 Å². The molecule has 0 atom stereocenters. The molecule has 1 aliphatic rings. The van der Waals surface area contributed by atoms with E-state index < -0.39 is 0 Å². The third-order valence-electron chi connectivity index (χ3n) is 3.64. The fourth-order valence-corrected chi connectivity index (χ4v) is 2.57. The van der Waals surface area contributed by atoms with Gasteiger partial charge >= 0.3 is 0 Å². The molecule has 2 heterocycles. The number of benzene rings is 1. The highest BCUT2D eigenvalue weighted by molar-refractivity contribution is 6.30. The number of aliphatic hydroxyl groups excluding tert-OH is 1. The number of hydrogen-bond donors (Lipinski definition) is 1. The van der Waals surface area contributed by atoms with Crippen molar-refractivity contribution in [3.8, 4) is 11.3 Å². The molecular formula is C15H17ClN2O2. The van der Waals surface area contributed by atoms with Crippen LogP contribution in [0.2, 0.25) is 5.02 Å². The third-order valence-corrected chi connectivity index (χ3v) is 3.89. The minimum atomic E-state index is -0.148. The quantitative estimate of drug-likeness (QED) is 0.945. The van der Waals surface area contributed by atoms with Crippen molar-refractivity contribution in [2.24, 2.45) is 0 Å². The number of likely N-dealkylation sites (tertiary alicyclic amines) is 1. The van der Waals surface area contributed by atoms with Crippen molar-refractivity contribution in [2.45, 2.75) is 25.5 Å². The standard InChI is InChI=1S/C15H17ClN2O2/c16-12-3-1-11(2-4-12)15-9-14(20-17-15)10-18-7-5-13(19)6-8-18/h1-4,9,13,19H,5-8,10H2. The molecule has 0 radical (unpaired) electrons. The van der Waals surface area contributed by atoms with Crippen molar-refractivity contribution in [1.29, 1.82) is 0 Å². The zero-order valence-corrected chi connectivity index (χ0v) is 11.9. The van der Waals surface area contributed by atoms with Crippen molar-refractivity contribution in [2.75, 3.05) is 13.1 Å². The molecule has 1 aromatic carbocycles. The first kappa shape index (κ1) is 13.6. The molecule has 0 unspecified atom stereocenters. The molecule has 0 aliphatic carbocycles. The van der Waals surface area contributed by atoms with Crippen LogP contribution in [0.3, 0.4) is 0 Å². The van der Waals surface area contributed by atoms with Crippen molar-refractivity contribution >= 4 is 11.6 Å². The van der Waals surface area contributed by atoms with E-state index in [-0.39, 0.29) is 6.10 Å². The van der Waals surface area contributed by atoms with E-state index in [0.717, 1.165) is 49.5 Å². The highest BCUT2D eigenvalue weighted by atomic mass is 35.5. The van der Waals surface area contributed by atoms with E-state index in [2.05, 4.69) is 10.1 Å². The Morgan fingerprint density at radius 3 is 2.65 bits per heavy atom. The molecule has 5 heteroatoms. The second kappa shape index (κ2) is 5.95. The normalized spacial score (nSPS) is 17.5. The smallest absolute Gasteiger partial charge is 0.151 e. The van der Waals surface area contributed by atoms with Crippen LogP contribution in [0, 0.1) is 0 Å². The molecule has 0 amide bonds. The van der Waals surface area contributed by atoms with Crippen molar-refractivity contribution in [1.82, 2.24) is 10.1 Å². The Labute approximate surface area is 122 Å². The van der Waals surface area contributed by atoms with Gasteiger partial charge in [0, 0.05) is 29.7 Å². The molecule has 1 aliphatic heterocycles. The van der Waals surface area contributed by atoms with Crippen molar-refractivity contribution in [3.05, 3.63) is 41.1 Å². The number of piperidine rings is 1. The third kappa shape index (κ3) is 3.20. The number of aliphatic hydroxyl groups is 1. The summed E-state index contributed by atoms with van der Waals surface area (Å²) in [5.74, 6) is 0.853. The summed E-state index contributed by atoms with van der Waals surface area (Å²) >= 11 is 5.87. The van der Waals surface area contributed by atoms with Gasteiger partial charge in [0.25, 0.3) is 0 Å². The summed E-state index contributed by atoms with van der Waals surface area (Å²) in [6, 6.07) is 9.52. The Balaban J connectivity index is 1.66. The van der Waals surface area contributed by atoms with Gasteiger partial charge in [0.05, 0.1) is 12.6 Å². The Hall–Kier alpha value is -1.36. The molecule has 2 aromatic rings. The van der Waals surface area contributed by atoms with E-state index in [4.69, 9.17) is 16.1 Å². The van der Waals surface area contributed by atoms with Gasteiger partial charge in [-0.1, -0.05) is 28.9 Å². The van der Waals surface area contributed by atoms with Gasteiger partial charge in [-0.05, 0) is 25.0 Å². The molecule has 0 saturated carbocycles. The van der Waals surface area contributed by atoms with Crippen LogP contribution < -0.4 is 0 Å². The van der Waals surface area contributed by atoms with Crippen LogP contribution in [0.5, 0.6) is 0 Å². The molecule has 0 bridgehead atoms. The summed E-state index contributed by atoms with van der Waals surface area (Å²) in [6.07, 6.45) is 1.52. The number of aromatic nitrogens is 1. The molecule has 1 N–H and O–H groups in total. The Kier molecular flexibility index (Phi) is 4.05. The molecule has 3 rings (SSSR count). The van der Waals surface area contributed by atoms with Gasteiger partial charge in [-0.2, -0.15) is 0 Å². The maximum Gasteiger partial charge on any atom is 0.151 e. The molecule has 0 spiro atoms. The SMILES string of the molecule is OC1CCN(Cc2cc(-c3ccc(Cl)cc3)no2)CC1. The lowest BCUT2D eigenvalue weighted by Crippen LogP contribution is -2.35. The predicted molar refractivity (Wildman–Crippen MR) is 77.5 cm³/mol. The minimum absolute atomic E-state index is 0.148. The highest BCUT2D eigenvalue weighted by Crippen LogP contribution is 2.22. The van der Waals surface area contributed by atoms with Crippen molar-refractivity contribution < 1.29 is 9.63 Å². The zero-order chi connectivity index (χ0) is 13.9. The minimum Gasteiger partial charge on any atom is -0.393 e. The second-order valence-corrected chi connectivity index (χ2v) is 5.63.